The summed E-state index contributed by atoms with van der Waals surface area (Å²) in [5.74, 6) is -4.50. The zero-order chi connectivity index (χ0) is 32.3. The minimum atomic E-state index is -1.37. The lowest BCUT2D eigenvalue weighted by Gasteiger charge is -2.38. The number of carbonyl (C=O) groups excluding carboxylic acids is 3. The molecular weight excluding hydrogens is 617 g/mol. The number of ether oxygens (including phenoxy) is 1. The van der Waals surface area contributed by atoms with E-state index in [2.05, 4.69) is 20.4 Å². The van der Waals surface area contributed by atoms with Gasteiger partial charge in [-0.3, -0.25) is 14.4 Å². The minimum absolute atomic E-state index is 0.0564. The maximum Gasteiger partial charge on any atom is 0.291 e. The number of nitrogens with zero attached hydrogens (tertiary/aromatic N) is 4. The van der Waals surface area contributed by atoms with E-state index in [-0.39, 0.29) is 51.6 Å². The zero-order valence-corrected chi connectivity index (χ0v) is 25.2. The molecule has 11 nitrogen and oxygen atoms in total. The summed E-state index contributed by atoms with van der Waals surface area (Å²) >= 11 is 6.43. The quantitative estimate of drug-likeness (QED) is 0.342. The van der Waals surface area contributed by atoms with Crippen molar-refractivity contribution in [2.45, 2.75) is 24.9 Å². The molecule has 3 heterocycles. The molecule has 0 saturated carbocycles. The SMILES string of the molecule is Cn1c(-c2ccc(OCF)c(F)c2F)cnc1C(=O)Nc1ccc(C(=O)N2CCN(C(=O)CC3(O)CCNCC3)CC2)c(Cl)c1. The second kappa shape index (κ2) is 13.5. The van der Waals surface area contributed by atoms with E-state index in [1.54, 1.807) is 9.80 Å². The van der Waals surface area contributed by atoms with Gasteiger partial charge in [-0.05, 0) is 56.3 Å². The topological polar surface area (TPSA) is 129 Å². The van der Waals surface area contributed by atoms with Crippen LogP contribution in [0.2, 0.25) is 5.02 Å². The van der Waals surface area contributed by atoms with Crippen molar-refractivity contribution in [2.24, 2.45) is 7.05 Å². The molecule has 3 aromatic rings. The van der Waals surface area contributed by atoms with Gasteiger partial charge >= 0.3 is 0 Å². The Balaban J connectivity index is 1.20. The molecule has 2 aromatic carbocycles. The van der Waals surface area contributed by atoms with Gasteiger partial charge in [0.25, 0.3) is 11.8 Å². The van der Waals surface area contributed by atoms with Crippen LogP contribution in [0.5, 0.6) is 5.75 Å². The maximum absolute atomic E-state index is 14.7. The van der Waals surface area contributed by atoms with Gasteiger partial charge in [-0.2, -0.15) is 4.39 Å². The molecule has 2 aliphatic rings. The summed E-state index contributed by atoms with van der Waals surface area (Å²) in [5, 5.41) is 16.6. The minimum Gasteiger partial charge on any atom is -0.460 e. The highest BCUT2D eigenvalue weighted by Crippen LogP contribution is 2.31. The summed E-state index contributed by atoms with van der Waals surface area (Å²) in [6.45, 7) is 1.28. The highest BCUT2D eigenvalue weighted by atomic mass is 35.5. The first-order valence-electron chi connectivity index (χ1n) is 14.3. The Labute approximate surface area is 261 Å². The second-order valence-corrected chi connectivity index (χ2v) is 11.4. The lowest BCUT2D eigenvalue weighted by atomic mass is 9.88. The van der Waals surface area contributed by atoms with Gasteiger partial charge in [-0.1, -0.05) is 11.6 Å². The normalized spacial score (nSPS) is 16.4. The molecule has 2 saturated heterocycles. The Hall–Kier alpha value is -4.14. The van der Waals surface area contributed by atoms with E-state index in [1.165, 1.54) is 42.1 Å². The number of rotatable bonds is 8. The van der Waals surface area contributed by atoms with Crippen LogP contribution in [0.4, 0.5) is 18.9 Å². The Bertz CT molecular complexity index is 1600. The summed E-state index contributed by atoms with van der Waals surface area (Å²) < 4.78 is 47.0. The van der Waals surface area contributed by atoms with Crippen molar-refractivity contribution in [2.75, 3.05) is 51.4 Å². The number of piperazine rings is 1. The molecule has 2 fully saturated rings. The lowest BCUT2D eigenvalue weighted by molar-refractivity contribution is -0.139. The van der Waals surface area contributed by atoms with Crippen molar-refractivity contribution < 1.29 is 37.4 Å². The predicted molar refractivity (Wildman–Crippen MR) is 159 cm³/mol. The zero-order valence-electron chi connectivity index (χ0n) is 24.4. The number of alkyl halides is 1. The monoisotopic (exact) mass is 648 g/mol. The summed E-state index contributed by atoms with van der Waals surface area (Å²) in [4.78, 5) is 46.3. The number of nitrogens with one attached hydrogen (secondary N) is 2. The summed E-state index contributed by atoms with van der Waals surface area (Å²) in [5.41, 5.74) is -0.637. The van der Waals surface area contributed by atoms with Crippen LogP contribution >= 0.6 is 11.6 Å². The summed E-state index contributed by atoms with van der Waals surface area (Å²) in [6.07, 6.45) is 2.29. The molecule has 0 bridgehead atoms. The molecule has 0 unspecified atom stereocenters. The molecule has 3 amide bonds. The number of anilines is 1. The third-order valence-corrected chi connectivity index (χ3v) is 8.43. The number of aromatic nitrogens is 2. The number of carbonyl (C=O) groups is 3. The van der Waals surface area contributed by atoms with Gasteiger partial charge in [0.15, 0.2) is 17.4 Å². The molecular formula is C30H32ClF3N6O5. The fraction of sp³-hybridized carbons (Fsp3) is 0.400. The number of halogens is 4. The van der Waals surface area contributed by atoms with Crippen molar-refractivity contribution in [3.8, 4) is 17.0 Å². The lowest BCUT2D eigenvalue weighted by Crippen LogP contribution is -2.53. The first-order valence-corrected chi connectivity index (χ1v) is 14.7. The summed E-state index contributed by atoms with van der Waals surface area (Å²) in [6, 6.07) is 6.65. The molecule has 240 valence electrons. The molecule has 0 spiro atoms. The van der Waals surface area contributed by atoms with Crippen LogP contribution in [0.15, 0.2) is 36.5 Å². The molecule has 15 heteroatoms. The van der Waals surface area contributed by atoms with E-state index in [4.69, 9.17) is 11.6 Å². The fourth-order valence-corrected chi connectivity index (χ4v) is 5.78. The highest BCUT2D eigenvalue weighted by molar-refractivity contribution is 6.34. The Morgan fingerprint density at radius 2 is 1.76 bits per heavy atom. The number of piperidine rings is 1. The summed E-state index contributed by atoms with van der Waals surface area (Å²) in [7, 11) is 1.44. The molecule has 5 rings (SSSR count). The standard InChI is InChI=1S/C30H32ClF3N6O5/c1-38-22(20-4-5-23(45-17-32)26(34)25(20)33)16-36-27(38)28(42)37-18-2-3-19(21(31)14-18)29(43)40-12-10-39(11-13-40)24(41)15-30(44)6-8-35-9-7-30/h2-5,14,16,35,44H,6-13,15,17H2,1H3,(H,37,42). The van der Waals surface area contributed by atoms with Crippen LogP contribution in [-0.4, -0.2) is 93.9 Å². The van der Waals surface area contributed by atoms with E-state index >= 15 is 0 Å². The first kappa shape index (κ1) is 32.3. The van der Waals surface area contributed by atoms with Crippen molar-refractivity contribution >= 4 is 35.0 Å². The number of amides is 3. The van der Waals surface area contributed by atoms with Gasteiger partial charge in [-0.25, -0.2) is 13.8 Å². The van der Waals surface area contributed by atoms with Crippen molar-refractivity contribution in [3.63, 3.8) is 0 Å². The van der Waals surface area contributed by atoms with Crippen molar-refractivity contribution in [1.29, 1.82) is 0 Å². The number of imidazole rings is 1. The fourth-order valence-electron chi connectivity index (χ4n) is 5.52. The van der Waals surface area contributed by atoms with Crippen LogP contribution in [0, 0.1) is 11.6 Å². The molecule has 3 N–H and O–H groups in total. The van der Waals surface area contributed by atoms with Gasteiger partial charge in [0.2, 0.25) is 18.6 Å². The van der Waals surface area contributed by atoms with Gasteiger partial charge < -0.3 is 34.8 Å². The van der Waals surface area contributed by atoms with E-state index in [9.17, 15) is 32.7 Å². The number of aliphatic hydroxyl groups is 1. The third-order valence-electron chi connectivity index (χ3n) is 8.12. The van der Waals surface area contributed by atoms with Gasteiger partial charge in [0.05, 0.1) is 34.5 Å². The average Bonchev–Trinajstić information content (AvgIpc) is 3.40. The van der Waals surface area contributed by atoms with Gasteiger partial charge in [-0.15, -0.1) is 0 Å². The van der Waals surface area contributed by atoms with E-state index < -0.39 is 35.8 Å². The van der Waals surface area contributed by atoms with Crippen LogP contribution < -0.4 is 15.4 Å². The number of hydrogen-bond acceptors (Lipinski definition) is 7. The first-order chi connectivity index (χ1) is 21.5. The highest BCUT2D eigenvalue weighted by Gasteiger charge is 2.35. The van der Waals surface area contributed by atoms with Crippen LogP contribution in [0.3, 0.4) is 0 Å². The van der Waals surface area contributed by atoms with Crippen LogP contribution in [0.25, 0.3) is 11.3 Å². The van der Waals surface area contributed by atoms with Gasteiger partial charge in [0.1, 0.15) is 0 Å². The average molecular weight is 649 g/mol. The molecule has 45 heavy (non-hydrogen) atoms. The smallest absolute Gasteiger partial charge is 0.291 e. The molecule has 0 atom stereocenters. The Morgan fingerprint density at radius 3 is 2.42 bits per heavy atom. The predicted octanol–water partition coefficient (Wildman–Crippen LogP) is 3.37. The molecule has 1 aromatic heterocycles. The van der Waals surface area contributed by atoms with Gasteiger partial charge in [0, 0.05) is 44.5 Å². The molecule has 0 radical (unpaired) electrons. The molecule has 0 aliphatic carbocycles. The Morgan fingerprint density at radius 1 is 1.07 bits per heavy atom. The van der Waals surface area contributed by atoms with E-state index in [0.717, 1.165) is 6.07 Å². The van der Waals surface area contributed by atoms with Crippen molar-refractivity contribution in [1.82, 2.24) is 24.7 Å². The van der Waals surface area contributed by atoms with Crippen LogP contribution in [0.1, 0.15) is 40.2 Å². The Kier molecular flexibility index (Phi) is 9.65. The largest absolute Gasteiger partial charge is 0.460 e. The molecule has 2 aliphatic heterocycles. The van der Waals surface area contributed by atoms with Crippen molar-refractivity contribution in [3.05, 3.63) is 64.6 Å². The van der Waals surface area contributed by atoms with Crippen LogP contribution in [-0.2, 0) is 11.8 Å². The third kappa shape index (κ3) is 6.92. The van der Waals surface area contributed by atoms with E-state index in [0.29, 0.717) is 52.1 Å². The van der Waals surface area contributed by atoms with E-state index in [1.807, 2.05) is 0 Å². The maximum atomic E-state index is 14.7. The number of hydrogen-bond donors (Lipinski definition) is 3. The number of benzene rings is 2. The second-order valence-electron chi connectivity index (χ2n) is 11.0.